The summed E-state index contributed by atoms with van der Waals surface area (Å²) in [7, 11) is 0.991. The van der Waals surface area contributed by atoms with Crippen LogP contribution in [-0.4, -0.2) is 24.2 Å². The van der Waals surface area contributed by atoms with E-state index in [0.717, 1.165) is 13.1 Å². The lowest BCUT2D eigenvalue weighted by Crippen LogP contribution is -2.38. The summed E-state index contributed by atoms with van der Waals surface area (Å²) in [6.45, 7) is 0. The summed E-state index contributed by atoms with van der Waals surface area (Å²) < 4.78 is 36.1. The van der Waals surface area contributed by atoms with Crippen molar-refractivity contribution in [2.24, 2.45) is 0 Å². The van der Waals surface area contributed by atoms with Gasteiger partial charge in [-0.15, -0.1) is 0 Å². The lowest BCUT2D eigenvalue weighted by atomic mass is 10.3. The molecule has 0 radical (unpaired) electrons. The summed E-state index contributed by atoms with van der Waals surface area (Å²) in [5.41, 5.74) is -0.0164. The molecule has 0 bridgehead atoms. The second kappa shape index (κ2) is 3.80. The van der Waals surface area contributed by atoms with Gasteiger partial charge in [-0.25, -0.2) is 0 Å². The Labute approximate surface area is 83.7 Å². The number of hydrogen-bond acceptors (Lipinski definition) is 2. The standard InChI is InChI=1S/C9H8F3NO2/c1-13(8(15)9(10,11)12)6-3-2-4-7(14)5-6/h2-5,14H,1H3. The summed E-state index contributed by atoms with van der Waals surface area (Å²) in [6.07, 6.45) is -4.92. The van der Waals surface area contributed by atoms with Crippen LogP contribution in [0.15, 0.2) is 24.3 Å². The van der Waals surface area contributed by atoms with E-state index in [0.29, 0.717) is 4.90 Å². The molecule has 1 aromatic carbocycles. The Hall–Kier alpha value is -1.72. The van der Waals surface area contributed by atoms with Crippen molar-refractivity contribution in [1.82, 2.24) is 0 Å². The first-order chi connectivity index (χ1) is 6.82. The van der Waals surface area contributed by atoms with Crippen LogP contribution in [0.5, 0.6) is 5.75 Å². The molecule has 6 heteroatoms. The van der Waals surface area contributed by atoms with Gasteiger partial charge in [0.05, 0.1) is 0 Å². The number of benzene rings is 1. The van der Waals surface area contributed by atoms with Crippen LogP contribution in [0, 0.1) is 0 Å². The average Bonchev–Trinajstić information content (AvgIpc) is 2.14. The van der Waals surface area contributed by atoms with Crippen LogP contribution in [0.25, 0.3) is 0 Å². The molecule has 1 amide bonds. The molecule has 1 rings (SSSR count). The maximum absolute atomic E-state index is 12.0. The third-order valence-corrected chi connectivity index (χ3v) is 1.76. The number of carbonyl (C=O) groups excluding carboxylic acids is 1. The normalized spacial score (nSPS) is 11.2. The number of phenols is 1. The topological polar surface area (TPSA) is 40.5 Å². The zero-order chi connectivity index (χ0) is 11.6. The quantitative estimate of drug-likeness (QED) is 0.783. The van der Waals surface area contributed by atoms with Gasteiger partial charge in [-0.05, 0) is 12.1 Å². The van der Waals surface area contributed by atoms with Gasteiger partial charge in [0.2, 0.25) is 0 Å². The van der Waals surface area contributed by atoms with Crippen LogP contribution < -0.4 is 4.90 Å². The minimum absolute atomic E-state index is 0.0164. The van der Waals surface area contributed by atoms with Crippen molar-refractivity contribution >= 4 is 11.6 Å². The number of carbonyl (C=O) groups is 1. The highest BCUT2D eigenvalue weighted by Crippen LogP contribution is 2.24. The molecule has 0 saturated heterocycles. The predicted molar refractivity (Wildman–Crippen MR) is 47.6 cm³/mol. The van der Waals surface area contributed by atoms with Crippen LogP contribution in [-0.2, 0) is 4.79 Å². The number of rotatable bonds is 1. The third-order valence-electron chi connectivity index (χ3n) is 1.76. The molecule has 0 spiro atoms. The maximum atomic E-state index is 12.0. The van der Waals surface area contributed by atoms with E-state index in [4.69, 9.17) is 5.11 Å². The highest BCUT2D eigenvalue weighted by molar-refractivity contribution is 5.96. The van der Waals surface area contributed by atoms with Crippen molar-refractivity contribution in [3.05, 3.63) is 24.3 Å². The number of nitrogens with zero attached hydrogens (tertiary/aromatic N) is 1. The van der Waals surface area contributed by atoms with E-state index < -0.39 is 12.1 Å². The Morgan fingerprint density at radius 3 is 2.47 bits per heavy atom. The smallest absolute Gasteiger partial charge is 0.471 e. The second-order valence-electron chi connectivity index (χ2n) is 2.88. The fraction of sp³-hybridized carbons (Fsp3) is 0.222. The largest absolute Gasteiger partial charge is 0.508 e. The van der Waals surface area contributed by atoms with Crippen LogP contribution in [0.4, 0.5) is 18.9 Å². The van der Waals surface area contributed by atoms with Gasteiger partial charge in [0.1, 0.15) is 5.75 Å². The molecule has 0 aliphatic rings. The maximum Gasteiger partial charge on any atom is 0.471 e. The summed E-state index contributed by atoms with van der Waals surface area (Å²) in [4.78, 5) is 11.2. The molecule has 0 aliphatic carbocycles. The number of halogens is 3. The number of alkyl halides is 3. The van der Waals surface area contributed by atoms with Crippen molar-refractivity contribution in [1.29, 1.82) is 0 Å². The van der Waals surface area contributed by atoms with Gasteiger partial charge in [-0.3, -0.25) is 4.79 Å². The fourth-order valence-corrected chi connectivity index (χ4v) is 1.01. The Morgan fingerprint density at radius 2 is 2.00 bits per heavy atom. The summed E-state index contributed by atoms with van der Waals surface area (Å²) in [6, 6.07) is 5.02. The zero-order valence-electron chi connectivity index (χ0n) is 7.75. The van der Waals surface area contributed by atoms with Crippen LogP contribution >= 0.6 is 0 Å². The highest BCUT2D eigenvalue weighted by Gasteiger charge is 2.41. The number of hydrogen-bond donors (Lipinski definition) is 1. The third kappa shape index (κ3) is 2.61. The Bertz CT molecular complexity index is 376. The first-order valence-electron chi connectivity index (χ1n) is 3.96. The molecule has 1 aromatic rings. The van der Waals surface area contributed by atoms with Gasteiger partial charge in [0.15, 0.2) is 0 Å². The van der Waals surface area contributed by atoms with Crippen LogP contribution in [0.2, 0.25) is 0 Å². The van der Waals surface area contributed by atoms with Gasteiger partial charge >= 0.3 is 12.1 Å². The Balaban J connectivity index is 2.95. The summed E-state index contributed by atoms with van der Waals surface area (Å²) in [5.74, 6) is -2.18. The summed E-state index contributed by atoms with van der Waals surface area (Å²) >= 11 is 0. The highest BCUT2D eigenvalue weighted by atomic mass is 19.4. The number of amides is 1. The lowest BCUT2D eigenvalue weighted by molar-refractivity contribution is -0.170. The molecule has 0 fully saturated rings. The molecule has 15 heavy (non-hydrogen) atoms. The van der Waals surface area contributed by atoms with E-state index >= 15 is 0 Å². The second-order valence-corrected chi connectivity index (χ2v) is 2.88. The van der Waals surface area contributed by atoms with E-state index in [1.165, 1.54) is 18.2 Å². The molecular weight excluding hydrogens is 211 g/mol. The van der Waals surface area contributed by atoms with E-state index in [1.54, 1.807) is 0 Å². The lowest BCUT2D eigenvalue weighted by Gasteiger charge is -2.18. The summed E-state index contributed by atoms with van der Waals surface area (Å²) in [5, 5.41) is 9.03. The number of aromatic hydroxyl groups is 1. The molecule has 0 heterocycles. The van der Waals surface area contributed by atoms with Crippen molar-refractivity contribution < 1.29 is 23.1 Å². The molecule has 0 atom stereocenters. The van der Waals surface area contributed by atoms with Crippen molar-refractivity contribution in [2.75, 3.05) is 11.9 Å². The molecule has 82 valence electrons. The van der Waals surface area contributed by atoms with E-state index in [2.05, 4.69) is 0 Å². The molecule has 0 aromatic heterocycles. The molecule has 1 N–H and O–H groups in total. The molecule has 3 nitrogen and oxygen atoms in total. The van der Waals surface area contributed by atoms with Crippen LogP contribution in [0.3, 0.4) is 0 Å². The Morgan fingerprint density at radius 1 is 1.40 bits per heavy atom. The first-order valence-corrected chi connectivity index (χ1v) is 3.96. The van der Waals surface area contributed by atoms with Gasteiger partial charge < -0.3 is 10.0 Å². The van der Waals surface area contributed by atoms with Gasteiger partial charge in [-0.2, -0.15) is 13.2 Å². The Kier molecular flexibility index (Phi) is 2.88. The molecule has 0 saturated carbocycles. The molecular formula is C9H8F3NO2. The average molecular weight is 219 g/mol. The van der Waals surface area contributed by atoms with Gasteiger partial charge in [0, 0.05) is 18.8 Å². The SMILES string of the molecule is CN(C(=O)C(F)(F)F)c1cccc(O)c1. The fourth-order valence-electron chi connectivity index (χ4n) is 1.01. The number of anilines is 1. The minimum Gasteiger partial charge on any atom is -0.508 e. The molecule has 0 aliphatic heterocycles. The first kappa shape index (κ1) is 11.4. The van der Waals surface area contributed by atoms with Crippen molar-refractivity contribution in [2.45, 2.75) is 6.18 Å². The predicted octanol–water partition coefficient (Wildman–Crippen LogP) is 1.92. The van der Waals surface area contributed by atoms with Crippen LogP contribution in [0.1, 0.15) is 0 Å². The van der Waals surface area contributed by atoms with Gasteiger partial charge in [0.25, 0.3) is 0 Å². The van der Waals surface area contributed by atoms with Crippen molar-refractivity contribution in [3.8, 4) is 5.75 Å². The van der Waals surface area contributed by atoms with E-state index in [9.17, 15) is 18.0 Å². The molecule has 0 unspecified atom stereocenters. The van der Waals surface area contributed by atoms with Gasteiger partial charge in [-0.1, -0.05) is 6.07 Å². The van der Waals surface area contributed by atoms with Crippen molar-refractivity contribution in [3.63, 3.8) is 0 Å². The van der Waals surface area contributed by atoms with E-state index in [1.807, 2.05) is 0 Å². The number of phenolic OH excluding ortho intramolecular Hbond substituents is 1. The zero-order valence-corrected chi connectivity index (χ0v) is 7.75. The van der Waals surface area contributed by atoms with E-state index in [-0.39, 0.29) is 11.4 Å². The monoisotopic (exact) mass is 219 g/mol. The minimum atomic E-state index is -4.92.